The van der Waals surface area contributed by atoms with Gasteiger partial charge < -0.3 is 10.1 Å². The van der Waals surface area contributed by atoms with Gasteiger partial charge >= 0.3 is 0 Å². The molecule has 1 rings (SSSR count). The van der Waals surface area contributed by atoms with Crippen molar-refractivity contribution in [1.29, 1.82) is 0 Å². The van der Waals surface area contributed by atoms with Crippen molar-refractivity contribution in [3.05, 3.63) is 16.4 Å². The van der Waals surface area contributed by atoms with E-state index >= 15 is 0 Å². The molecule has 0 radical (unpaired) electrons. The SMILES string of the molecule is CCC(C(=O)NCCCOC)n1nc(C)c(Cl)c1C. The lowest BCUT2D eigenvalue weighted by atomic mass is 10.2. The van der Waals surface area contributed by atoms with Gasteiger partial charge in [-0.3, -0.25) is 9.48 Å². The number of halogens is 1. The molecular weight excluding hydrogens is 266 g/mol. The zero-order valence-electron chi connectivity index (χ0n) is 12.0. The van der Waals surface area contributed by atoms with Gasteiger partial charge in [-0.15, -0.1) is 0 Å². The number of carbonyl (C=O) groups excluding carboxylic acids is 1. The van der Waals surface area contributed by atoms with Crippen LogP contribution in [0.2, 0.25) is 5.02 Å². The Morgan fingerprint density at radius 3 is 2.68 bits per heavy atom. The van der Waals surface area contributed by atoms with Gasteiger partial charge in [0.15, 0.2) is 0 Å². The van der Waals surface area contributed by atoms with Gasteiger partial charge in [0.05, 0.1) is 16.4 Å². The van der Waals surface area contributed by atoms with Crippen LogP contribution in [-0.4, -0.2) is 35.9 Å². The fraction of sp³-hybridized carbons (Fsp3) is 0.692. The van der Waals surface area contributed by atoms with Gasteiger partial charge in [0.1, 0.15) is 6.04 Å². The van der Waals surface area contributed by atoms with Gasteiger partial charge in [0.25, 0.3) is 0 Å². The summed E-state index contributed by atoms with van der Waals surface area (Å²) in [7, 11) is 1.65. The van der Waals surface area contributed by atoms with Crippen molar-refractivity contribution in [2.75, 3.05) is 20.3 Å². The molecule has 1 amide bonds. The number of nitrogens with one attached hydrogen (secondary N) is 1. The van der Waals surface area contributed by atoms with Gasteiger partial charge in [0.2, 0.25) is 5.91 Å². The highest BCUT2D eigenvalue weighted by molar-refractivity contribution is 6.31. The topological polar surface area (TPSA) is 56.1 Å². The smallest absolute Gasteiger partial charge is 0.244 e. The maximum Gasteiger partial charge on any atom is 0.244 e. The van der Waals surface area contributed by atoms with E-state index in [1.165, 1.54) is 0 Å². The van der Waals surface area contributed by atoms with Crippen LogP contribution in [0.15, 0.2) is 0 Å². The number of carbonyl (C=O) groups is 1. The molecule has 0 saturated heterocycles. The van der Waals surface area contributed by atoms with Crippen LogP contribution < -0.4 is 5.32 Å². The van der Waals surface area contributed by atoms with Gasteiger partial charge in [-0.1, -0.05) is 18.5 Å². The average Bonchev–Trinajstić information content (AvgIpc) is 2.64. The van der Waals surface area contributed by atoms with Crippen LogP contribution in [0.3, 0.4) is 0 Å². The number of aryl methyl sites for hydroxylation is 1. The fourth-order valence-electron chi connectivity index (χ4n) is 1.96. The number of methoxy groups -OCH3 is 1. The van der Waals surface area contributed by atoms with E-state index in [9.17, 15) is 4.79 Å². The minimum atomic E-state index is -0.311. The number of hydrogen-bond donors (Lipinski definition) is 1. The molecule has 0 saturated carbocycles. The molecule has 0 aliphatic rings. The molecule has 1 heterocycles. The van der Waals surface area contributed by atoms with Gasteiger partial charge in [-0.2, -0.15) is 5.10 Å². The number of aromatic nitrogens is 2. The summed E-state index contributed by atoms with van der Waals surface area (Å²) in [4.78, 5) is 12.2. The third-order valence-electron chi connectivity index (χ3n) is 3.05. The molecule has 1 aromatic heterocycles. The van der Waals surface area contributed by atoms with Crippen molar-refractivity contribution in [3.8, 4) is 0 Å². The third kappa shape index (κ3) is 3.94. The summed E-state index contributed by atoms with van der Waals surface area (Å²) in [6, 6.07) is -0.311. The summed E-state index contributed by atoms with van der Waals surface area (Å²) < 4.78 is 6.66. The standard InChI is InChI=1S/C13H22ClN3O2/c1-5-11(13(18)15-7-6-8-19-4)17-10(3)12(14)9(2)16-17/h11H,5-8H2,1-4H3,(H,15,18). The van der Waals surface area contributed by atoms with Crippen LogP contribution in [0, 0.1) is 13.8 Å². The lowest BCUT2D eigenvalue weighted by Crippen LogP contribution is -2.34. The maximum absolute atomic E-state index is 12.2. The summed E-state index contributed by atoms with van der Waals surface area (Å²) in [5.74, 6) is -0.0270. The summed E-state index contributed by atoms with van der Waals surface area (Å²) in [6.07, 6.45) is 1.48. The molecule has 1 atom stereocenters. The molecule has 6 heteroatoms. The van der Waals surface area contributed by atoms with E-state index in [1.54, 1.807) is 11.8 Å². The maximum atomic E-state index is 12.2. The molecule has 1 aromatic rings. The van der Waals surface area contributed by atoms with E-state index in [2.05, 4.69) is 10.4 Å². The predicted octanol–water partition coefficient (Wildman–Crippen LogP) is 2.26. The molecule has 5 nitrogen and oxygen atoms in total. The Morgan fingerprint density at radius 2 is 2.21 bits per heavy atom. The first-order valence-electron chi connectivity index (χ1n) is 6.50. The molecule has 1 unspecified atom stereocenters. The second-order valence-corrected chi connectivity index (χ2v) is 4.87. The highest BCUT2D eigenvalue weighted by Crippen LogP contribution is 2.23. The lowest BCUT2D eigenvalue weighted by molar-refractivity contribution is -0.124. The quantitative estimate of drug-likeness (QED) is 0.783. The van der Waals surface area contributed by atoms with Crippen molar-refractivity contribution in [2.24, 2.45) is 0 Å². The molecule has 108 valence electrons. The third-order valence-corrected chi connectivity index (χ3v) is 3.59. The van der Waals surface area contributed by atoms with Crippen LogP contribution in [0.1, 0.15) is 37.2 Å². The normalized spacial score (nSPS) is 12.5. The minimum absolute atomic E-state index is 0.0270. The Kier molecular flexibility index (Phi) is 6.31. The lowest BCUT2D eigenvalue weighted by Gasteiger charge is -2.17. The van der Waals surface area contributed by atoms with Crippen LogP contribution >= 0.6 is 11.6 Å². The van der Waals surface area contributed by atoms with Crippen LogP contribution in [-0.2, 0) is 9.53 Å². The van der Waals surface area contributed by atoms with E-state index in [0.29, 0.717) is 24.6 Å². The first-order chi connectivity index (χ1) is 9.02. The summed E-state index contributed by atoms with van der Waals surface area (Å²) in [5, 5.41) is 7.88. The van der Waals surface area contributed by atoms with Crippen LogP contribution in [0.4, 0.5) is 0 Å². The number of amides is 1. The molecular formula is C13H22ClN3O2. The summed E-state index contributed by atoms with van der Waals surface area (Å²) in [6.45, 7) is 6.93. The molecule has 0 bridgehead atoms. The summed E-state index contributed by atoms with van der Waals surface area (Å²) >= 11 is 6.12. The van der Waals surface area contributed by atoms with Crippen molar-refractivity contribution in [3.63, 3.8) is 0 Å². The monoisotopic (exact) mass is 287 g/mol. The second kappa shape index (κ2) is 7.50. The average molecular weight is 288 g/mol. The molecule has 0 spiro atoms. The fourth-order valence-corrected chi connectivity index (χ4v) is 2.09. The van der Waals surface area contributed by atoms with E-state index in [1.807, 2.05) is 20.8 Å². The Balaban J connectivity index is 2.71. The van der Waals surface area contributed by atoms with Crippen LogP contribution in [0.5, 0.6) is 0 Å². The molecule has 0 aliphatic heterocycles. The van der Waals surface area contributed by atoms with Crippen molar-refractivity contribution in [2.45, 2.75) is 39.7 Å². The van der Waals surface area contributed by atoms with E-state index in [4.69, 9.17) is 16.3 Å². The first kappa shape index (κ1) is 16.0. The molecule has 0 fully saturated rings. The molecule has 19 heavy (non-hydrogen) atoms. The van der Waals surface area contributed by atoms with Crippen LogP contribution in [0.25, 0.3) is 0 Å². The van der Waals surface area contributed by atoms with Gasteiger partial charge in [-0.25, -0.2) is 0 Å². The number of nitrogens with zero attached hydrogens (tertiary/aromatic N) is 2. The van der Waals surface area contributed by atoms with Gasteiger partial charge in [0, 0.05) is 20.3 Å². The largest absolute Gasteiger partial charge is 0.385 e. The van der Waals surface area contributed by atoms with E-state index < -0.39 is 0 Å². The Labute approximate surface area is 119 Å². The second-order valence-electron chi connectivity index (χ2n) is 4.49. The highest BCUT2D eigenvalue weighted by Gasteiger charge is 2.22. The zero-order chi connectivity index (χ0) is 14.4. The molecule has 0 aliphatic carbocycles. The predicted molar refractivity (Wildman–Crippen MR) is 75.5 cm³/mol. The van der Waals surface area contributed by atoms with Crippen molar-refractivity contribution >= 4 is 17.5 Å². The van der Waals surface area contributed by atoms with Crippen molar-refractivity contribution in [1.82, 2.24) is 15.1 Å². The Hall–Kier alpha value is -1.07. The minimum Gasteiger partial charge on any atom is -0.385 e. The zero-order valence-corrected chi connectivity index (χ0v) is 12.8. The Morgan fingerprint density at radius 1 is 1.53 bits per heavy atom. The van der Waals surface area contributed by atoms with Crippen molar-refractivity contribution < 1.29 is 9.53 Å². The Bertz CT molecular complexity index is 432. The number of rotatable bonds is 7. The number of hydrogen-bond acceptors (Lipinski definition) is 3. The number of ether oxygens (including phenoxy) is 1. The molecule has 1 N–H and O–H groups in total. The first-order valence-corrected chi connectivity index (χ1v) is 6.88. The van der Waals surface area contributed by atoms with E-state index in [-0.39, 0.29) is 11.9 Å². The van der Waals surface area contributed by atoms with Gasteiger partial charge in [-0.05, 0) is 26.7 Å². The summed E-state index contributed by atoms with van der Waals surface area (Å²) in [5.41, 5.74) is 1.59. The highest BCUT2D eigenvalue weighted by atomic mass is 35.5. The van der Waals surface area contributed by atoms with E-state index in [0.717, 1.165) is 17.8 Å². The molecule has 0 aromatic carbocycles.